The van der Waals surface area contributed by atoms with Crippen molar-refractivity contribution in [2.75, 3.05) is 36.5 Å². The van der Waals surface area contributed by atoms with Gasteiger partial charge in [-0.15, -0.1) is 0 Å². The molecule has 2 aromatic heterocycles. The first-order valence-electron chi connectivity index (χ1n) is 9.22. The summed E-state index contributed by atoms with van der Waals surface area (Å²) in [6.45, 7) is 3.28. The lowest BCUT2D eigenvalue weighted by molar-refractivity contribution is 0.154. The van der Waals surface area contributed by atoms with Gasteiger partial charge >= 0.3 is 0 Å². The monoisotopic (exact) mass is 351 g/mol. The van der Waals surface area contributed by atoms with E-state index in [1.54, 1.807) is 6.20 Å². The van der Waals surface area contributed by atoms with Crippen molar-refractivity contribution >= 4 is 22.7 Å². The van der Waals surface area contributed by atoms with Crippen molar-refractivity contribution < 1.29 is 5.11 Å². The van der Waals surface area contributed by atoms with E-state index in [1.165, 1.54) is 10.9 Å². The SMILES string of the molecule is CN(CCn1ccc2ccccc21)c1nccc(N2CCCC(O)C2)n1. The average molecular weight is 351 g/mol. The molecule has 1 aliphatic rings. The lowest BCUT2D eigenvalue weighted by atomic mass is 10.1. The molecule has 0 bridgehead atoms. The van der Waals surface area contributed by atoms with Crippen molar-refractivity contribution in [3.05, 3.63) is 48.8 Å². The van der Waals surface area contributed by atoms with Crippen LogP contribution in [0.5, 0.6) is 0 Å². The molecule has 26 heavy (non-hydrogen) atoms. The normalized spacial score (nSPS) is 17.6. The number of aliphatic hydroxyl groups excluding tert-OH is 1. The summed E-state index contributed by atoms with van der Waals surface area (Å²) >= 11 is 0. The predicted molar refractivity (Wildman–Crippen MR) is 105 cm³/mol. The van der Waals surface area contributed by atoms with E-state index < -0.39 is 0 Å². The van der Waals surface area contributed by atoms with E-state index in [2.05, 4.69) is 55.9 Å². The summed E-state index contributed by atoms with van der Waals surface area (Å²) in [6, 6.07) is 12.5. The second-order valence-corrected chi connectivity index (χ2v) is 6.95. The van der Waals surface area contributed by atoms with Crippen LogP contribution in [-0.2, 0) is 6.54 Å². The third-order valence-electron chi connectivity index (χ3n) is 5.05. The largest absolute Gasteiger partial charge is 0.391 e. The lowest BCUT2D eigenvalue weighted by Gasteiger charge is -2.31. The molecule has 0 amide bonds. The third-order valence-corrected chi connectivity index (χ3v) is 5.05. The molecule has 3 heterocycles. The first kappa shape index (κ1) is 16.8. The standard InChI is InChI=1S/C20H25N5O/c1-23(13-14-24-12-9-16-5-2-3-7-18(16)24)20-21-10-8-19(22-20)25-11-4-6-17(26)15-25/h2-3,5,7-10,12,17,26H,4,6,11,13-15H2,1H3. The average Bonchev–Trinajstić information content (AvgIpc) is 3.09. The summed E-state index contributed by atoms with van der Waals surface area (Å²) in [7, 11) is 2.02. The van der Waals surface area contributed by atoms with E-state index in [9.17, 15) is 5.11 Å². The maximum Gasteiger partial charge on any atom is 0.227 e. The second-order valence-electron chi connectivity index (χ2n) is 6.95. The van der Waals surface area contributed by atoms with E-state index in [1.807, 2.05) is 13.1 Å². The Morgan fingerprint density at radius 3 is 3.00 bits per heavy atom. The number of aliphatic hydroxyl groups is 1. The van der Waals surface area contributed by atoms with Gasteiger partial charge in [-0.25, -0.2) is 4.98 Å². The molecule has 6 heteroatoms. The topological polar surface area (TPSA) is 57.4 Å². The lowest BCUT2D eigenvalue weighted by Crippen LogP contribution is -2.39. The molecule has 4 rings (SSSR count). The highest BCUT2D eigenvalue weighted by Gasteiger charge is 2.19. The van der Waals surface area contributed by atoms with Gasteiger partial charge in [-0.1, -0.05) is 18.2 Å². The minimum Gasteiger partial charge on any atom is -0.391 e. The van der Waals surface area contributed by atoms with Crippen LogP contribution in [-0.4, -0.2) is 52.4 Å². The highest BCUT2D eigenvalue weighted by atomic mass is 16.3. The van der Waals surface area contributed by atoms with Gasteiger partial charge in [0.15, 0.2) is 0 Å². The molecule has 1 N–H and O–H groups in total. The Labute approximate surface area is 153 Å². The number of para-hydroxylation sites is 1. The molecule has 1 atom stereocenters. The zero-order valence-corrected chi connectivity index (χ0v) is 15.1. The Balaban J connectivity index is 1.44. The molecule has 0 saturated carbocycles. The van der Waals surface area contributed by atoms with Crippen LogP contribution in [0, 0.1) is 0 Å². The number of β-amino-alcohol motifs (C(OH)–C–C–N with tert-alkyl or cyclic N) is 1. The molecular weight excluding hydrogens is 326 g/mol. The van der Waals surface area contributed by atoms with Crippen molar-refractivity contribution in [1.29, 1.82) is 0 Å². The smallest absolute Gasteiger partial charge is 0.227 e. The van der Waals surface area contributed by atoms with Crippen LogP contribution >= 0.6 is 0 Å². The van der Waals surface area contributed by atoms with Gasteiger partial charge in [0, 0.05) is 51.1 Å². The molecule has 1 aliphatic heterocycles. The van der Waals surface area contributed by atoms with Crippen molar-refractivity contribution in [3.63, 3.8) is 0 Å². The highest BCUT2D eigenvalue weighted by Crippen LogP contribution is 2.20. The molecule has 1 fully saturated rings. The van der Waals surface area contributed by atoms with Crippen molar-refractivity contribution in [2.45, 2.75) is 25.5 Å². The quantitative estimate of drug-likeness (QED) is 0.765. The van der Waals surface area contributed by atoms with Gasteiger partial charge in [-0.05, 0) is 36.4 Å². The molecule has 0 spiro atoms. The molecule has 1 saturated heterocycles. The predicted octanol–water partition coefficient (Wildman–Crippen LogP) is 2.53. The second kappa shape index (κ2) is 7.33. The van der Waals surface area contributed by atoms with Crippen LogP contribution in [0.3, 0.4) is 0 Å². The number of rotatable bonds is 5. The summed E-state index contributed by atoms with van der Waals surface area (Å²) in [4.78, 5) is 13.4. The van der Waals surface area contributed by atoms with Crippen LogP contribution in [0.1, 0.15) is 12.8 Å². The summed E-state index contributed by atoms with van der Waals surface area (Å²) in [5.41, 5.74) is 1.25. The van der Waals surface area contributed by atoms with Crippen LogP contribution < -0.4 is 9.80 Å². The summed E-state index contributed by atoms with van der Waals surface area (Å²) in [6.07, 6.45) is 5.54. The van der Waals surface area contributed by atoms with E-state index >= 15 is 0 Å². The maximum absolute atomic E-state index is 9.90. The molecule has 3 aromatic rings. The van der Waals surface area contributed by atoms with E-state index in [0.717, 1.165) is 44.2 Å². The van der Waals surface area contributed by atoms with Gasteiger partial charge < -0.3 is 19.5 Å². The van der Waals surface area contributed by atoms with Gasteiger partial charge in [-0.2, -0.15) is 4.98 Å². The van der Waals surface area contributed by atoms with Crippen molar-refractivity contribution in [1.82, 2.24) is 14.5 Å². The Bertz CT molecular complexity index is 877. The van der Waals surface area contributed by atoms with Crippen molar-refractivity contribution in [2.24, 2.45) is 0 Å². The Morgan fingerprint density at radius 2 is 2.12 bits per heavy atom. The number of fused-ring (bicyclic) bond motifs is 1. The number of aromatic nitrogens is 3. The van der Waals surface area contributed by atoms with E-state index in [4.69, 9.17) is 4.98 Å². The zero-order chi connectivity index (χ0) is 17.9. The molecule has 6 nitrogen and oxygen atoms in total. The van der Waals surface area contributed by atoms with E-state index in [-0.39, 0.29) is 6.10 Å². The van der Waals surface area contributed by atoms with E-state index in [0.29, 0.717) is 6.54 Å². The van der Waals surface area contributed by atoms with Crippen LogP contribution in [0.4, 0.5) is 11.8 Å². The molecule has 1 unspecified atom stereocenters. The number of benzene rings is 1. The minimum absolute atomic E-state index is 0.262. The molecular formula is C20H25N5O. The van der Waals surface area contributed by atoms with Crippen molar-refractivity contribution in [3.8, 4) is 0 Å². The number of anilines is 2. The highest BCUT2D eigenvalue weighted by molar-refractivity contribution is 5.79. The fourth-order valence-electron chi connectivity index (χ4n) is 3.56. The summed E-state index contributed by atoms with van der Waals surface area (Å²) in [5.74, 6) is 1.62. The number of nitrogens with zero attached hydrogens (tertiary/aromatic N) is 5. The van der Waals surface area contributed by atoms with Crippen LogP contribution in [0.2, 0.25) is 0 Å². The fraction of sp³-hybridized carbons (Fsp3) is 0.400. The van der Waals surface area contributed by atoms with Crippen LogP contribution in [0.15, 0.2) is 48.8 Å². The molecule has 136 valence electrons. The minimum atomic E-state index is -0.262. The molecule has 1 aromatic carbocycles. The van der Waals surface area contributed by atoms with Gasteiger partial charge in [0.05, 0.1) is 6.10 Å². The summed E-state index contributed by atoms with van der Waals surface area (Å²) < 4.78 is 2.26. The fourth-order valence-corrected chi connectivity index (χ4v) is 3.56. The number of likely N-dealkylation sites (N-methyl/N-ethyl adjacent to an activating group) is 1. The van der Waals surface area contributed by atoms with Crippen LogP contribution in [0.25, 0.3) is 10.9 Å². The van der Waals surface area contributed by atoms with Gasteiger partial charge in [0.2, 0.25) is 5.95 Å². The molecule has 0 radical (unpaired) electrons. The first-order chi connectivity index (χ1) is 12.7. The maximum atomic E-state index is 9.90. The Kier molecular flexibility index (Phi) is 4.75. The Morgan fingerprint density at radius 1 is 1.23 bits per heavy atom. The van der Waals surface area contributed by atoms with Gasteiger partial charge in [0.1, 0.15) is 5.82 Å². The molecule has 0 aliphatic carbocycles. The Hall–Kier alpha value is -2.60. The first-order valence-corrected chi connectivity index (χ1v) is 9.22. The van der Waals surface area contributed by atoms with Gasteiger partial charge in [0.25, 0.3) is 0 Å². The van der Waals surface area contributed by atoms with Gasteiger partial charge in [-0.3, -0.25) is 0 Å². The number of hydrogen-bond acceptors (Lipinski definition) is 5. The zero-order valence-electron chi connectivity index (χ0n) is 15.1. The number of piperidine rings is 1. The number of hydrogen-bond donors (Lipinski definition) is 1. The summed E-state index contributed by atoms with van der Waals surface area (Å²) in [5, 5.41) is 11.2. The third kappa shape index (κ3) is 3.51.